The van der Waals surface area contributed by atoms with Crippen LogP contribution in [-0.2, 0) is 10.2 Å². The highest BCUT2D eigenvalue weighted by atomic mass is 16.5. The van der Waals surface area contributed by atoms with Crippen molar-refractivity contribution < 1.29 is 9.53 Å². The Hall–Kier alpha value is -2.43. The number of aryl methyl sites for hydroxylation is 1. The summed E-state index contributed by atoms with van der Waals surface area (Å²) in [5.41, 5.74) is 3.31. The Labute approximate surface area is 150 Å². The van der Waals surface area contributed by atoms with E-state index in [0.29, 0.717) is 29.5 Å². The van der Waals surface area contributed by atoms with Gasteiger partial charge in [-0.25, -0.2) is 14.8 Å². The van der Waals surface area contributed by atoms with E-state index in [1.165, 1.54) is 5.56 Å². The summed E-state index contributed by atoms with van der Waals surface area (Å²) in [5.74, 6) is 0.786. The summed E-state index contributed by atoms with van der Waals surface area (Å²) in [6.07, 6.45) is 0. The number of aromatic nitrogens is 2. The standard InChI is InChI=1S/C20H27N3O2/c1-8-25-19(24)16-13(2)21-17(22-18(16)23(6)7)14-9-11-15(12-10-14)20(3,4)5/h9-12H,8H2,1-7H3. The molecule has 1 aromatic heterocycles. The molecule has 0 aliphatic carbocycles. The predicted molar refractivity (Wildman–Crippen MR) is 101 cm³/mol. The Morgan fingerprint density at radius 3 is 2.20 bits per heavy atom. The van der Waals surface area contributed by atoms with Crippen LogP contribution in [0.4, 0.5) is 5.82 Å². The lowest BCUT2D eigenvalue weighted by atomic mass is 9.86. The van der Waals surface area contributed by atoms with Crippen LogP contribution in [0.3, 0.4) is 0 Å². The maximum Gasteiger partial charge on any atom is 0.343 e. The molecule has 25 heavy (non-hydrogen) atoms. The number of rotatable bonds is 4. The predicted octanol–water partition coefficient (Wildman–Crippen LogP) is 3.99. The second kappa shape index (κ2) is 7.21. The van der Waals surface area contributed by atoms with E-state index in [4.69, 9.17) is 4.74 Å². The first kappa shape index (κ1) is 18.9. The van der Waals surface area contributed by atoms with Crippen molar-refractivity contribution in [1.29, 1.82) is 0 Å². The highest BCUT2D eigenvalue weighted by Crippen LogP contribution is 2.27. The van der Waals surface area contributed by atoms with Gasteiger partial charge in [0.15, 0.2) is 5.82 Å². The van der Waals surface area contributed by atoms with E-state index in [2.05, 4.69) is 42.9 Å². The van der Waals surface area contributed by atoms with E-state index in [0.717, 1.165) is 5.56 Å². The van der Waals surface area contributed by atoms with E-state index >= 15 is 0 Å². The summed E-state index contributed by atoms with van der Waals surface area (Å²) in [6.45, 7) is 10.5. The van der Waals surface area contributed by atoms with Gasteiger partial charge >= 0.3 is 5.97 Å². The minimum absolute atomic E-state index is 0.0951. The Balaban J connectivity index is 2.51. The van der Waals surface area contributed by atoms with Gasteiger partial charge in [0.25, 0.3) is 0 Å². The van der Waals surface area contributed by atoms with Crippen molar-refractivity contribution in [2.45, 2.75) is 40.0 Å². The number of ether oxygens (including phenoxy) is 1. The third-order valence-corrected chi connectivity index (χ3v) is 3.98. The second-order valence-electron chi connectivity index (χ2n) is 7.27. The van der Waals surface area contributed by atoms with Gasteiger partial charge in [0, 0.05) is 19.7 Å². The molecule has 5 nitrogen and oxygen atoms in total. The monoisotopic (exact) mass is 341 g/mol. The Morgan fingerprint density at radius 1 is 1.12 bits per heavy atom. The molecule has 0 N–H and O–H groups in total. The molecule has 134 valence electrons. The second-order valence-corrected chi connectivity index (χ2v) is 7.27. The minimum atomic E-state index is -0.390. The highest BCUT2D eigenvalue weighted by Gasteiger charge is 2.22. The van der Waals surface area contributed by atoms with Crippen molar-refractivity contribution in [2.75, 3.05) is 25.6 Å². The largest absolute Gasteiger partial charge is 0.462 e. The van der Waals surface area contributed by atoms with Crippen LogP contribution in [0.1, 0.15) is 49.3 Å². The maximum absolute atomic E-state index is 12.3. The lowest BCUT2D eigenvalue weighted by molar-refractivity contribution is 0.0525. The molecule has 0 spiro atoms. The van der Waals surface area contributed by atoms with Gasteiger partial charge in [0.05, 0.1) is 12.3 Å². The Bertz CT molecular complexity index is 760. The first-order valence-electron chi connectivity index (χ1n) is 8.49. The molecule has 0 saturated carbocycles. The number of esters is 1. The average molecular weight is 341 g/mol. The van der Waals surface area contributed by atoms with Gasteiger partial charge in [-0.1, -0.05) is 45.0 Å². The molecular formula is C20H27N3O2. The molecule has 1 heterocycles. The molecule has 5 heteroatoms. The average Bonchev–Trinajstić information content (AvgIpc) is 2.53. The molecule has 0 aliphatic heterocycles. The van der Waals surface area contributed by atoms with Gasteiger partial charge in [-0.15, -0.1) is 0 Å². The molecule has 0 amide bonds. The smallest absolute Gasteiger partial charge is 0.343 e. The summed E-state index contributed by atoms with van der Waals surface area (Å²) in [7, 11) is 3.72. The van der Waals surface area contributed by atoms with E-state index < -0.39 is 5.97 Å². The molecule has 2 aromatic rings. The topological polar surface area (TPSA) is 55.3 Å². The molecule has 2 rings (SSSR count). The van der Waals surface area contributed by atoms with Crippen LogP contribution in [0.25, 0.3) is 11.4 Å². The van der Waals surface area contributed by atoms with Gasteiger partial charge in [-0.05, 0) is 24.8 Å². The number of carbonyl (C=O) groups is 1. The Kier molecular flexibility index (Phi) is 5.45. The van der Waals surface area contributed by atoms with Gasteiger partial charge in [0.2, 0.25) is 0 Å². The maximum atomic E-state index is 12.3. The molecule has 0 atom stereocenters. The fraction of sp³-hybridized carbons (Fsp3) is 0.450. The Morgan fingerprint density at radius 2 is 1.72 bits per heavy atom. The van der Waals surface area contributed by atoms with Crippen LogP contribution in [0.2, 0.25) is 0 Å². The van der Waals surface area contributed by atoms with Crippen LogP contribution in [0.15, 0.2) is 24.3 Å². The minimum Gasteiger partial charge on any atom is -0.462 e. The lowest BCUT2D eigenvalue weighted by Gasteiger charge is -2.20. The molecule has 1 aromatic carbocycles. The van der Waals surface area contributed by atoms with Crippen LogP contribution < -0.4 is 4.90 Å². The quantitative estimate of drug-likeness (QED) is 0.787. The molecule has 0 bridgehead atoms. The number of carbonyl (C=O) groups excluding carboxylic acids is 1. The number of benzene rings is 1. The number of hydrogen-bond donors (Lipinski definition) is 0. The summed E-state index contributed by atoms with van der Waals surface area (Å²) in [5, 5.41) is 0. The summed E-state index contributed by atoms with van der Waals surface area (Å²) < 4.78 is 5.15. The first-order valence-corrected chi connectivity index (χ1v) is 8.49. The fourth-order valence-electron chi connectivity index (χ4n) is 2.57. The van der Waals surface area contributed by atoms with Crippen molar-refractivity contribution in [3.05, 3.63) is 41.1 Å². The van der Waals surface area contributed by atoms with Gasteiger partial charge in [-0.3, -0.25) is 0 Å². The highest BCUT2D eigenvalue weighted by molar-refractivity contribution is 5.96. The summed E-state index contributed by atoms with van der Waals surface area (Å²) in [4.78, 5) is 23.2. The SMILES string of the molecule is CCOC(=O)c1c(C)nc(-c2ccc(C(C)(C)C)cc2)nc1N(C)C. The number of anilines is 1. The van der Waals surface area contributed by atoms with E-state index in [1.54, 1.807) is 6.92 Å². The number of hydrogen-bond acceptors (Lipinski definition) is 5. The van der Waals surface area contributed by atoms with E-state index in [9.17, 15) is 4.79 Å². The molecule has 0 radical (unpaired) electrons. The van der Waals surface area contributed by atoms with Crippen LogP contribution >= 0.6 is 0 Å². The van der Waals surface area contributed by atoms with Gasteiger partial charge in [-0.2, -0.15) is 0 Å². The molecule has 0 unspecified atom stereocenters. The van der Waals surface area contributed by atoms with E-state index in [1.807, 2.05) is 38.1 Å². The van der Waals surface area contributed by atoms with Crippen LogP contribution in [0, 0.1) is 6.92 Å². The lowest BCUT2D eigenvalue weighted by Crippen LogP contribution is -2.20. The zero-order valence-electron chi connectivity index (χ0n) is 16.2. The van der Waals surface area contributed by atoms with Gasteiger partial charge < -0.3 is 9.64 Å². The van der Waals surface area contributed by atoms with Gasteiger partial charge in [0.1, 0.15) is 11.4 Å². The van der Waals surface area contributed by atoms with Crippen molar-refractivity contribution in [1.82, 2.24) is 9.97 Å². The summed E-state index contributed by atoms with van der Waals surface area (Å²) in [6, 6.07) is 8.25. The molecule has 0 saturated heterocycles. The first-order chi connectivity index (χ1) is 11.6. The molecule has 0 fully saturated rings. The van der Waals surface area contributed by atoms with Crippen molar-refractivity contribution in [3.63, 3.8) is 0 Å². The zero-order chi connectivity index (χ0) is 18.8. The zero-order valence-corrected chi connectivity index (χ0v) is 16.2. The normalized spacial score (nSPS) is 11.3. The fourth-order valence-corrected chi connectivity index (χ4v) is 2.57. The van der Waals surface area contributed by atoms with Crippen molar-refractivity contribution >= 4 is 11.8 Å². The van der Waals surface area contributed by atoms with Crippen LogP contribution in [-0.4, -0.2) is 36.6 Å². The van der Waals surface area contributed by atoms with Crippen molar-refractivity contribution in [2.24, 2.45) is 0 Å². The van der Waals surface area contributed by atoms with Crippen molar-refractivity contribution in [3.8, 4) is 11.4 Å². The van der Waals surface area contributed by atoms with E-state index in [-0.39, 0.29) is 5.41 Å². The molecule has 0 aliphatic rings. The summed E-state index contributed by atoms with van der Waals surface area (Å²) >= 11 is 0. The third-order valence-electron chi connectivity index (χ3n) is 3.98. The van der Waals surface area contributed by atoms with Crippen LogP contribution in [0.5, 0.6) is 0 Å². The third kappa shape index (κ3) is 4.16. The number of nitrogens with zero attached hydrogens (tertiary/aromatic N) is 3. The molecular weight excluding hydrogens is 314 g/mol.